The van der Waals surface area contributed by atoms with Crippen molar-refractivity contribution in [2.75, 3.05) is 0 Å². The molecule has 0 N–H and O–H groups in total. The molecule has 2 atom stereocenters. The highest BCUT2D eigenvalue weighted by molar-refractivity contribution is 6.33. The first-order chi connectivity index (χ1) is 8.14. The first-order valence-electron chi connectivity index (χ1n) is 7.07. The summed E-state index contributed by atoms with van der Waals surface area (Å²) in [5.74, 6) is 0.376. The summed E-state index contributed by atoms with van der Waals surface area (Å²) < 4.78 is 5.55. The molecule has 0 aromatic heterocycles. The van der Waals surface area contributed by atoms with E-state index in [0.717, 1.165) is 12.8 Å². The number of carbonyl (C=O) groups is 1. The van der Waals surface area contributed by atoms with Crippen LogP contribution in [0.1, 0.15) is 73.6 Å². The van der Waals surface area contributed by atoms with Crippen LogP contribution in [0, 0.1) is 5.92 Å². The molecule has 0 amide bonds. The van der Waals surface area contributed by atoms with Gasteiger partial charge >= 0.3 is 5.97 Å². The molecule has 0 rings (SSSR count). The number of alkyl halides is 1. The van der Waals surface area contributed by atoms with Gasteiger partial charge in [-0.3, -0.25) is 4.79 Å². The Labute approximate surface area is 117 Å². The van der Waals surface area contributed by atoms with Crippen LogP contribution in [0.4, 0.5) is 0 Å². The SMILES string of the molecule is CCCC(C)CCC(C)(C)OC(=O)C(C)(Cl)CC. The molecule has 108 valence electrons. The molecular weight excluding hydrogens is 248 g/mol. The van der Waals surface area contributed by atoms with Gasteiger partial charge in [-0.1, -0.05) is 33.6 Å². The quantitative estimate of drug-likeness (QED) is 0.464. The molecule has 0 aromatic rings. The van der Waals surface area contributed by atoms with E-state index in [9.17, 15) is 4.79 Å². The smallest absolute Gasteiger partial charge is 0.327 e. The molecule has 0 aliphatic rings. The molecule has 0 radical (unpaired) electrons. The molecule has 0 bridgehead atoms. The van der Waals surface area contributed by atoms with Crippen LogP contribution in [-0.2, 0) is 9.53 Å². The van der Waals surface area contributed by atoms with E-state index in [2.05, 4.69) is 13.8 Å². The van der Waals surface area contributed by atoms with E-state index >= 15 is 0 Å². The Bertz CT molecular complexity index is 259. The van der Waals surface area contributed by atoms with Crippen molar-refractivity contribution in [2.24, 2.45) is 5.92 Å². The second-order valence-corrected chi connectivity index (χ2v) is 6.97. The van der Waals surface area contributed by atoms with Crippen LogP contribution < -0.4 is 0 Å². The highest BCUT2D eigenvalue weighted by atomic mass is 35.5. The Morgan fingerprint density at radius 1 is 1.22 bits per heavy atom. The zero-order valence-corrected chi connectivity index (χ0v) is 13.6. The van der Waals surface area contributed by atoms with Crippen molar-refractivity contribution in [3.05, 3.63) is 0 Å². The molecule has 3 heteroatoms. The summed E-state index contributed by atoms with van der Waals surface area (Å²) in [7, 11) is 0. The topological polar surface area (TPSA) is 26.3 Å². The third-order valence-corrected chi connectivity index (χ3v) is 3.90. The summed E-state index contributed by atoms with van der Waals surface area (Å²) >= 11 is 6.12. The molecule has 0 aliphatic heterocycles. The van der Waals surface area contributed by atoms with Crippen molar-refractivity contribution in [3.8, 4) is 0 Å². The van der Waals surface area contributed by atoms with E-state index in [1.807, 2.05) is 20.8 Å². The largest absolute Gasteiger partial charge is 0.458 e. The van der Waals surface area contributed by atoms with Gasteiger partial charge in [0.05, 0.1) is 0 Å². The van der Waals surface area contributed by atoms with Crippen molar-refractivity contribution < 1.29 is 9.53 Å². The first kappa shape index (κ1) is 17.8. The van der Waals surface area contributed by atoms with Gasteiger partial charge in [-0.25, -0.2) is 0 Å². The molecule has 18 heavy (non-hydrogen) atoms. The lowest BCUT2D eigenvalue weighted by Gasteiger charge is -2.30. The van der Waals surface area contributed by atoms with Gasteiger partial charge in [0.1, 0.15) is 10.5 Å². The Morgan fingerprint density at radius 2 is 1.78 bits per heavy atom. The van der Waals surface area contributed by atoms with Crippen LogP contribution in [0.25, 0.3) is 0 Å². The van der Waals surface area contributed by atoms with Gasteiger partial charge in [0.15, 0.2) is 0 Å². The lowest BCUT2D eigenvalue weighted by atomic mass is 9.93. The second-order valence-electron chi connectivity index (χ2n) is 6.13. The summed E-state index contributed by atoms with van der Waals surface area (Å²) in [6.45, 7) is 12.0. The van der Waals surface area contributed by atoms with Gasteiger partial charge in [0.2, 0.25) is 0 Å². The van der Waals surface area contributed by atoms with Crippen molar-refractivity contribution in [1.82, 2.24) is 0 Å². The fourth-order valence-corrected chi connectivity index (χ4v) is 1.82. The molecule has 0 fully saturated rings. The lowest BCUT2D eigenvalue weighted by Crippen LogP contribution is -2.38. The molecular formula is C15H29ClO2. The minimum absolute atomic E-state index is 0.306. The number of rotatable bonds is 8. The first-order valence-corrected chi connectivity index (χ1v) is 7.44. The van der Waals surface area contributed by atoms with E-state index in [4.69, 9.17) is 16.3 Å². The third-order valence-electron chi connectivity index (χ3n) is 3.48. The summed E-state index contributed by atoms with van der Waals surface area (Å²) in [6, 6.07) is 0. The molecule has 0 spiro atoms. The summed E-state index contributed by atoms with van der Waals surface area (Å²) in [4.78, 5) is 11.0. The van der Waals surface area contributed by atoms with Crippen LogP contribution in [0.15, 0.2) is 0 Å². The fourth-order valence-electron chi connectivity index (χ4n) is 1.78. The zero-order valence-electron chi connectivity index (χ0n) is 12.8. The van der Waals surface area contributed by atoms with Gasteiger partial charge in [-0.05, 0) is 46.0 Å². The minimum Gasteiger partial charge on any atom is -0.458 e. The average Bonchev–Trinajstić information content (AvgIpc) is 2.26. The van der Waals surface area contributed by atoms with Crippen LogP contribution in [0.2, 0.25) is 0 Å². The van der Waals surface area contributed by atoms with Crippen molar-refractivity contribution in [2.45, 2.75) is 84.1 Å². The number of ether oxygens (including phenoxy) is 1. The van der Waals surface area contributed by atoms with E-state index in [-0.39, 0.29) is 5.97 Å². The van der Waals surface area contributed by atoms with Crippen molar-refractivity contribution in [1.29, 1.82) is 0 Å². The van der Waals surface area contributed by atoms with Crippen LogP contribution in [0.3, 0.4) is 0 Å². The van der Waals surface area contributed by atoms with Gasteiger partial charge in [-0.15, -0.1) is 11.6 Å². The number of esters is 1. The van der Waals surface area contributed by atoms with E-state index < -0.39 is 10.5 Å². The fraction of sp³-hybridized carbons (Fsp3) is 0.933. The third kappa shape index (κ3) is 6.63. The Balaban J connectivity index is 4.26. The van der Waals surface area contributed by atoms with Gasteiger partial charge in [-0.2, -0.15) is 0 Å². The Hall–Kier alpha value is -0.240. The summed E-state index contributed by atoms with van der Waals surface area (Å²) in [5, 5.41) is 0. The monoisotopic (exact) mass is 276 g/mol. The molecule has 0 heterocycles. The maximum atomic E-state index is 11.9. The normalized spacial score (nSPS) is 17.1. The van der Waals surface area contributed by atoms with Crippen LogP contribution in [0.5, 0.6) is 0 Å². The molecule has 2 nitrogen and oxygen atoms in total. The van der Waals surface area contributed by atoms with E-state index in [1.165, 1.54) is 12.8 Å². The number of halogens is 1. The maximum absolute atomic E-state index is 11.9. The Morgan fingerprint density at radius 3 is 2.22 bits per heavy atom. The van der Waals surface area contributed by atoms with E-state index in [0.29, 0.717) is 12.3 Å². The molecule has 0 saturated heterocycles. The van der Waals surface area contributed by atoms with Crippen LogP contribution in [-0.4, -0.2) is 16.4 Å². The van der Waals surface area contributed by atoms with Crippen molar-refractivity contribution in [3.63, 3.8) is 0 Å². The standard InChI is InChI=1S/C15H29ClO2/c1-7-9-12(3)10-11-14(4,5)18-13(17)15(6,16)8-2/h12H,7-11H2,1-6H3. The number of hydrogen-bond donors (Lipinski definition) is 0. The minimum atomic E-state index is -0.897. The van der Waals surface area contributed by atoms with E-state index in [1.54, 1.807) is 6.92 Å². The van der Waals surface area contributed by atoms with Gasteiger partial charge < -0.3 is 4.74 Å². The summed E-state index contributed by atoms with van der Waals surface area (Å²) in [6.07, 6.45) is 4.98. The van der Waals surface area contributed by atoms with Crippen molar-refractivity contribution >= 4 is 17.6 Å². The van der Waals surface area contributed by atoms with Gasteiger partial charge in [0.25, 0.3) is 0 Å². The maximum Gasteiger partial charge on any atom is 0.327 e. The number of hydrogen-bond acceptors (Lipinski definition) is 2. The predicted molar refractivity (Wildman–Crippen MR) is 78.0 cm³/mol. The molecule has 0 aliphatic carbocycles. The highest BCUT2D eigenvalue weighted by Crippen LogP contribution is 2.27. The second kappa shape index (κ2) is 7.37. The highest BCUT2D eigenvalue weighted by Gasteiger charge is 2.34. The number of carbonyl (C=O) groups excluding carboxylic acids is 1. The van der Waals surface area contributed by atoms with Crippen LogP contribution >= 0.6 is 11.6 Å². The summed E-state index contributed by atoms with van der Waals surface area (Å²) in [5.41, 5.74) is -0.426. The molecule has 0 aromatic carbocycles. The molecule has 0 saturated carbocycles. The van der Waals surface area contributed by atoms with Gasteiger partial charge in [0, 0.05) is 0 Å². The Kier molecular flexibility index (Phi) is 7.28. The average molecular weight is 277 g/mol. The lowest BCUT2D eigenvalue weighted by molar-refractivity contribution is -0.160. The zero-order chi connectivity index (χ0) is 14.4. The predicted octanol–water partition coefficient (Wildman–Crippen LogP) is 4.93. The molecule has 2 unspecified atom stereocenters.